The SMILES string of the molecule is CCC1CCC(c2ccc(C3CC=C(c4ccc(C5CCC(CCOC)CC5)cc4F)CC3)cc2F)CC1. The van der Waals surface area contributed by atoms with Crippen molar-refractivity contribution in [3.05, 3.63) is 76.4 Å². The van der Waals surface area contributed by atoms with Crippen molar-refractivity contribution in [2.24, 2.45) is 11.8 Å². The van der Waals surface area contributed by atoms with E-state index in [2.05, 4.69) is 31.2 Å². The minimum atomic E-state index is -0.0816. The molecule has 0 heterocycles. The summed E-state index contributed by atoms with van der Waals surface area (Å²) < 4.78 is 35.7. The van der Waals surface area contributed by atoms with Gasteiger partial charge in [-0.2, -0.15) is 0 Å². The van der Waals surface area contributed by atoms with Crippen LogP contribution in [-0.4, -0.2) is 13.7 Å². The lowest BCUT2D eigenvalue weighted by Gasteiger charge is -2.29. The number of methoxy groups -OCH3 is 1. The Morgan fingerprint density at radius 1 is 0.737 bits per heavy atom. The molecule has 0 spiro atoms. The van der Waals surface area contributed by atoms with E-state index in [0.717, 1.165) is 97.6 Å². The molecular weight excluding hydrogens is 474 g/mol. The summed E-state index contributed by atoms with van der Waals surface area (Å²) in [6.07, 6.45) is 16.6. The Morgan fingerprint density at radius 2 is 1.39 bits per heavy atom. The summed E-state index contributed by atoms with van der Waals surface area (Å²) >= 11 is 0. The van der Waals surface area contributed by atoms with Crippen LogP contribution in [0.3, 0.4) is 0 Å². The van der Waals surface area contributed by atoms with Crippen molar-refractivity contribution in [3.8, 4) is 0 Å². The zero-order chi connectivity index (χ0) is 26.5. The lowest BCUT2D eigenvalue weighted by atomic mass is 9.76. The molecule has 0 bridgehead atoms. The van der Waals surface area contributed by atoms with Gasteiger partial charge in [-0.3, -0.25) is 0 Å². The number of ether oxygens (including phenoxy) is 1. The van der Waals surface area contributed by atoms with Crippen molar-refractivity contribution in [1.82, 2.24) is 0 Å². The highest BCUT2D eigenvalue weighted by molar-refractivity contribution is 5.67. The molecule has 0 aromatic heterocycles. The predicted octanol–water partition coefficient (Wildman–Crippen LogP) is 10.3. The van der Waals surface area contributed by atoms with Crippen LogP contribution in [0.15, 0.2) is 42.5 Å². The fourth-order valence-electron chi connectivity index (χ4n) is 7.51. The Morgan fingerprint density at radius 3 is 2.03 bits per heavy atom. The number of benzene rings is 2. The first-order chi connectivity index (χ1) is 18.6. The van der Waals surface area contributed by atoms with Crippen LogP contribution in [0.1, 0.15) is 130 Å². The molecule has 1 nitrogen and oxygen atoms in total. The minimum Gasteiger partial charge on any atom is -0.385 e. The van der Waals surface area contributed by atoms with Crippen molar-refractivity contribution in [3.63, 3.8) is 0 Å². The highest BCUT2D eigenvalue weighted by Gasteiger charge is 2.26. The highest BCUT2D eigenvalue weighted by Crippen LogP contribution is 2.42. The zero-order valence-corrected chi connectivity index (χ0v) is 23.5. The van der Waals surface area contributed by atoms with E-state index in [1.807, 2.05) is 6.07 Å². The van der Waals surface area contributed by atoms with E-state index in [-0.39, 0.29) is 11.6 Å². The monoisotopic (exact) mass is 520 g/mol. The van der Waals surface area contributed by atoms with Crippen LogP contribution in [0.25, 0.3) is 5.57 Å². The van der Waals surface area contributed by atoms with E-state index < -0.39 is 0 Å². The first-order valence-electron chi connectivity index (χ1n) is 15.3. The smallest absolute Gasteiger partial charge is 0.130 e. The van der Waals surface area contributed by atoms with Crippen LogP contribution in [0, 0.1) is 23.5 Å². The van der Waals surface area contributed by atoms with Crippen molar-refractivity contribution in [1.29, 1.82) is 0 Å². The highest BCUT2D eigenvalue weighted by atomic mass is 19.1. The minimum absolute atomic E-state index is 0.0217. The molecule has 206 valence electrons. The quantitative estimate of drug-likeness (QED) is 0.336. The molecule has 2 saturated carbocycles. The largest absolute Gasteiger partial charge is 0.385 e. The maximum absolute atomic E-state index is 15.3. The fraction of sp³-hybridized carbons (Fsp3) is 0.600. The Kier molecular flexibility index (Phi) is 9.36. The number of hydrogen-bond donors (Lipinski definition) is 0. The van der Waals surface area contributed by atoms with E-state index in [4.69, 9.17) is 4.74 Å². The molecule has 0 aliphatic heterocycles. The summed E-state index contributed by atoms with van der Waals surface area (Å²) in [5.41, 5.74) is 5.04. The molecule has 0 saturated heterocycles. The predicted molar refractivity (Wildman–Crippen MR) is 154 cm³/mol. The standard InChI is InChI=1S/C35H46F2O/c1-3-24-4-10-28(11-5-24)32-18-17-31(23-34(32)36)27-12-14-29(15-13-27)33-19-16-30(22-35(33)37)26-8-6-25(7-9-26)20-21-38-2/h14,16-19,22-28H,3-13,15,20-21H2,1-2H3. The number of allylic oxidation sites excluding steroid dienone is 2. The molecule has 1 unspecified atom stereocenters. The number of hydrogen-bond acceptors (Lipinski definition) is 1. The van der Waals surface area contributed by atoms with E-state index in [9.17, 15) is 0 Å². The molecule has 3 aliphatic carbocycles. The van der Waals surface area contributed by atoms with Crippen molar-refractivity contribution < 1.29 is 13.5 Å². The van der Waals surface area contributed by atoms with Crippen LogP contribution >= 0.6 is 0 Å². The van der Waals surface area contributed by atoms with E-state index >= 15 is 8.78 Å². The van der Waals surface area contributed by atoms with Gasteiger partial charge < -0.3 is 4.74 Å². The molecule has 3 aliphatic rings. The van der Waals surface area contributed by atoms with Gasteiger partial charge in [0.2, 0.25) is 0 Å². The third-order valence-corrected chi connectivity index (χ3v) is 10.2. The van der Waals surface area contributed by atoms with Crippen LogP contribution in [0.2, 0.25) is 0 Å². The van der Waals surface area contributed by atoms with Gasteiger partial charge >= 0.3 is 0 Å². The molecule has 1 atom stereocenters. The topological polar surface area (TPSA) is 9.23 Å². The summed E-state index contributed by atoms with van der Waals surface area (Å²) in [4.78, 5) is 0. The zero-order valence-electron chi connectivity index (χ0n) is 23.5. The maximum Gasteiger partial charge on any atom is 0.130 e. The second-order valence-electron chi connectivity index (χ2n) is 12.3. The van der Waals surface area contributed by atoms with Gasteiger partial charge in [0.25, 0.3) is 0 Å². The third kappa shape index (κ3) is 6.41. The molecule has 2 aromatic carbocycles. The summed E-state index contributed by atoms with van der Waals surface area (Å²) in [5, 5.41) is 0. The number of halogens is 2. The van der Waals surface area contributed by atoms with E-state index in [1.54, 1.807) is 19.2 Å². The molecule has 0 radical (unpaired) electrons. The molecule has 5 rings (SSSR count). The van der Waals surface area contributed by atoms with Gasteiger partial charge in [0, 0.05) is 19.3 Å². The van der Waals surface area contributed by atoms with Crippen LogP contribution in [0.4, 0.5) is 8.78 Å². The summed E-state index contributed by atoms with van der Waals surface area (Å²) in [5.74, 6) is 2.63. The van der Waals surface area contributed by atoms with Gasteiger partial charge in [0.05, 0.1) is 0 Å². The maximum atomic E-state index is 15.3. The van der Waals surface area contributed by atoms with Gasteiger partial charge in [0.15, 0.2) is 0 Å². The van der Waals surface area contributed by atoms with Gasteiger partial charge in [-0.05, 0) is 141 Å². The molecule has 2 aromatic rings. The average Bonchev–Trinajstić information content (AvgIpc) is 2.96. The Balaban J connectivity index is 1.19. The molecule has 38 heavy (non-hydrogen) atoms. The first kappa shape index (κ1) is 27.6. The van der Waals surface area contributed by atoms with Crippen molar-refractivity contribution >= 4 is 5.57 Å². The average molecular weight is 521 g/mol. The van der Waals surface area contributed by atoms with E-state index in [0.29, 0.717) is 17.8 Å². The van der Waals surface area contributed by atoms with Crippen LogP contribution < -0.4 is 0 Å². The summed E-state index contributed by atoms with van der Waals surface area (Å²) in [7, 11) is 1.77. The summed E-state index contributed by atoms with van der Waals surface area (Å²) in [6.45, 7) is 3.11. The van der Waals surface area contributed by atoms with Crippen molar-refractivity contribution in [2.75, 3.05) is 13.7 Å². The molecule has 0 amide bonds. The van der Waals surface area contributed by atoms with Crippen LogP contribution in [-0.2, 0) is 4.74 Å². The lowest BCUT2D eigenvalue weighted by molar-refractivity contribution is 0.163. The molecule has 2 fully saturated rings. The Bertz CT molecular complexity index is 1090. The second-order valence-corrected chi connectivity index (χ2v) is 12.3. The second kappa shape index (κ2) is 12.9. The molecule has 0 N–H and O–H groups in total. The molecule has 3 heteroatoms. The first-order valence-corrected chi connectivity index (χ1v) is 15.3. The lowest BCUT2D eigenvalue weighted by Crippen LogP contribution is -2.15. The fourth-order valence-corrected chi connectivity index (χ4v) is 7.51. The molecular formula is C35H46F2O. The van der Waals surface area contributed by atoms with Crippen molar-refractivity contribution in [2.45, 2.75) is 108 Å². The Labute approximate surface area is 229 Å². The normalized spacial score (nSPS) is 28.2. The van der Waals surface area contributed by atoms with Gasteiger partial charge in [-0.1, -0.05) is 43.7 Å². The van der Waals surface area contributed by atoms with Gasteiger partial charge in [-0.15, -0.1) is 0 Å². The number of rotatable bonds is 8. The van der Waals surface area contributed by atoms with Gasteiger partial charge in [0.1, 0.15) is 11.6 Å². The van der Waals surface area contributed by atoms with Gasteiger partial charge in [-0.25, -0.2) is 8.78 Å². The summed E-state index contributed by atoms with van der Waals surface area (Å²) in [6, 6.07) is 12.0. The Hall–Kier alpha value is -2.00. The third-order valence-electron chi connectivity index (χ3n) is 10.2. The van der Waals surface area contributed by atoms with Crippen LogP contribution in [0.5, 0.6) is 0 Å². The van der Waals surface area contributed by atoms with E-state index in [1.165, 1.54) is 32.1 Å².